The fourth-order valence-corrected chi connectivity index (χ4v) is 2.19. The maximum atomic E-state index is 13.0. The molecule has 1 rings (SSSR count). The van der Waals surface area contributed by atoms with Crippen molar-refractivity contribution < 1.29 is 22.6 Å². The van der Waals surface area contributed by atoms with E-state index in [-0.39, 0.29) is 18.9 Å². The van der Waals surface area contributed by atoms with Crippen molar-refractivity contribution in [1.82, 2.24) is 0 Å². The lowest BCUT2D eigenvalue weighted by Gasteiger charge is -2.36. The fraction of sp³-hybridized carbons (Fsp3) is 1.00. The zero-order valence-electron chi connectivity index (χ0n) is 8.27. The summed E-state index contributed by atoms with van der Waals surface area (Å²) in [6.07, 6.45) is -2.96. The summed E-state index contributed by atoms with van der Waals surface area (Å²) >= 11 is 0. The number of halogens is 4. The van der Waals surface area contributed by atoms with E-state index in [0.29, 0.717) is 12.8 Å². The Morgan fingerprint density at radius 1 is 1.33 bits per heavy atom. The topological polar surface area (TPSA) is 35.2 Å². The molecule has 0 aromatic heterocycles. The molecule has 1 fully saturated rings. The molecule has 1 aliphatic carbocycles. The molecular formula is C9H15F4NO. The van der Waals surface area contributed by atoms with Gasteiger partial charge >= 0.3 is 6.11 Å². The molecule has 0 saturated heterocycles. The lowest BCUT2D eigenvalue weighted by atomic mass is 9.74. The maximum Gasteiger partial charge on any atom is 0.389 e. The van der Waals surface area contributed by atoms with Gasteiger partial charge in [0.05, 0.1) is 12.6 Å². The van der Waals surface area contributed by atoms with Gasteiger partial charge in [0.15, 0.2) is 0 Å². The second-order valence-corrected chi connectivity index (χ2v) is 4.07. The fourth-order valence-electron chi connectivity index (χ4n) is 2.19. The van der Waals surface area contributed by atoms with Gasteiger partial charge in [-0.25, -0.2) is 0 Å². The van der Waals surface area contributed by atoms with Crippen LogP contribution in [-0.4, -0.2) is 19.3 Å². The summed E-state index contributed by atoms with van der Waals surface area (Å²) in [7, 11) is 0. The van der Waals surface area contributed by atoms with E-state index in [1.807, 2.05) is 0 Å². The molecule has 1 aliphatic rings. The van der Waals surface area contributed by atoms with Crippen LogP contribution < -0.4 is 5.73 Å². The van der Waals surface area contributed by atoms with E-state index in [9.17, 15) is 17.7 Å². The SMILES string of the molecule is NCC1CCC(CF)C(C(F)(F)OF)C1. The highest BCUT2D eigenvalue weighted by atomic mass is 19.4. The highest BCUT2D eigenvalue weighted by Gasteiger charge is 2.49. The zero-order valence-corrected chi connectivity index (χ0v) is 8.27. The number of hydrogen-bond donors (Lipinski definition) is 1. The first kappa shape index (κ1) is 12.7. The third kappa shape index (κ3) is 2.81. The highest BCUT2D eigenvalue weighted by Crippen LogP contribution is 2.43. The Balaban J connectivity index is 2.71. The predicted molar refractivity (Wildman–Crippen MR) is 46.5 cm³/mol. The second kappa shape index (κ2) is 5.12. The van der Waals surface area contributed by atoms with E-state index in [0.717, 1.165) is 0 Å². The Morgan fingerprint density at radius 2 is 2.00 bits per heavy atom. The minimum absolute atomic E-state index is 0.0159. The van der Waals surface area contributed by atoms with Crippen LogP contribution in [0.5, 0.6) is 0 Å². The second-order valence-electron chi connectivity index (χ2n) is 4.07. The van der Waals surface area contributed by atoms with Crippen molar-refractivity contribution >= 4 is 0 Å². The molecule has 90 valence electrons. The Bertz CT molecular complexity index is 203. The minimum atomic E-state index is -3.90. The third-order valence-electron chi connectivity index (χ3n) is 3.17. The molecule has 0 radical (unpaired) electrons. The quantitative estimate of drug-likeness (QED) is 0.751. The Labute approximate surface area is 85.7 Å². The predicted octanol–water partition coefficient (Wildman–Crippen LogP) is 2.44. The summed E-state index contributed by atoms with van der Waals surface area (Å²) in [5, 5.41) is 0. The molecular weight excluding hydrogens is 214 g/mol. The smallest absolute Gasteiger partial charge is 0.330 e. The number of rotatable bonds is 4. The van der Waals surface area contributed by atoms with Crippen molar-refractivity contribution in [3.05, 3.63) is 0 Å². The van der Waals surface area contributed by atoms with Gasteiger partial charge in [-0.1, -0.05) is 0 Å². The lowest BCUT2D eigenvalue weighted by molar-refractivity contribution is -0.385. The molecule has 0 spiro atoms. The van der Waals surface area contributed by atoms with Crippen LogP contribution in [0.25, 0.3) is 0 Å². The van der Waals surface area contributed by atoms with Crippen molar-refractivity contribution in [3.63, 3.8) is 0 Å². The van der Waals surface area contributed by atoms with Crippen LogP contribution >= 0.6 is 0 Å². The lowest BCUT2D eigenvalue weighted by Crippen LogP contribution is -2.41. The molecule has 0 aromatic rings. The van der Waals surface area contributed by atoms with Crippen LogP contribution in [0.15, 0.2) is 0 Å². The van der Waals surface area contributed by atoms with Crippen molar-refractivity contribution in [2.75, 3.05) is 13.2 Å². The normalized spacial score (nSPS) is 33.0. The van der Waals surface area contributed by atoms with Crippen molar-refractivity contribution in [3.8, 4) is 0 Å². The van der Waals surface area contributed by atoms with Gasteiger partial charge in [-0.2, -0.15) is 8.78 Å². The first-order valence-electron chi connectivity index (χ1n) is 4.98. The van der Waals surface area contributed by atoms with Gasteiger partial charge in [0.25, 0.3) is 0 Å². The van der Waals surface area contributed by atoms with Crippen LogP contribution in [0.2, 0.25) is 0 Å². The molecule has 0 aromatic carbocycles. The Hall–Kier alpha value is -0.360. The molecule has 1 saturated carbocycles. The van der Waals surface area contributed by atoms with E-state index in [1.165, 1.54) is 0 Å². The third-order valence-corrected chi connectivity index (χ3v) is 3.17. The van der Waals surface area contributed by atoms with E-state index < -0.39 is 24.6 Å². The largest absolute Gasteiger partial charge is 0.389 e. The minimum Gasteiger partial charge on any atom is -0.330 e. The molecule has 0 heterocycles. The Kier molecular flexibility index (Phi) is 4.33. The summed E-state index contributed by atoms with van der Waals surface area (Å²) in [5.74, 6) is -2.34. The first-order valence-corrected chi connectivity index (χ1v) is 4.98. The summed E-state index contributed by atoms with van der Waals surface area (Å²) in [5.41, 5.74) is 5.36. The standard InChI is InChI=1S/C9H15F4NO/c10-4-7-2-1-6(5-14)3-8(7)9(11,12)15-13/h6-8H,1-5,14H2. The molecule has 6 heteroatoms. The number of alkyl halides is 3. The van der Waals surface area contributed by atoms with Crippen LogP contribution in [0.4, 0.5) is 17.7 Å². The van der Waals surface area contributed by atoms with E-state index in [4.69, 9.17) is 5.73 Å². The van der Waals surface area contributed by atoms with Crippen molar-refractivity contribution in [2.45, 2.75) is 25.4 Å². The van der Waals surface area contributed by atoms with Crippen LogP contribution in [-0.2, 0) is 4.94 Å². The van der Waals surface area contributed by atoms with Crippen molar-refractivity contribution in [2.24, 2.45) is 23.5 Å². The monoisotopic (exact) mass is 229 g/mol. The molecule has 0 bridgehead atoms. The van der Waals surface area contributed by atoms with E-state index in [2.05, 4.69) is 4.94 Å². The van der Waals surface area contributed by atoms with Gasteiger partial charge in [-0.3, -0.25) is 4.39 Å². The van der Waals surface area contributed by atoms with Crippen molar-refractivity contribution in [1.29, 1.82) is 0 Å². The molecule has 0 aliphatic heterocycles. The van der Waals surface area contributed by atoms with Gasteiger partial charge < -0.3 is 5.73 Å². The number of hydrogen-bond acceptors (Lipinski definition) is 2. The van der Waals surface area contributed by atoms with Crippen LogP contribution in [0.3, 0.4) is 0 Å². The highest BCUT2D eigenvalue weighted by molar-refractivity contribution is 4.84. The first-order chi connectivity index (χ1) is 7.05. The summed E-state index contributed by atoms with van der Waals surface area (Å²) in [6.45, 7) is -0.612. The van der Waals surface area contributed by atoms with Gasteiger partial charge in [0.2, 0.25) is 0 Å². The average molecular weight is 229 g/mol. The van der Waals surface area contributed by atoms with Gasteiger partial charge in [0, 0.05) is 0 Å². The van der Waals surface area contributed by atoms with Crippen LogP contribution in [0, 0.1) is 17.8 Å². The van der Waals surface area contributed by atoms with Gasteiger partial charge in [-0.15, -0.1) is 4.94 Å². The zero-order chi connectivity index (χ0) is 11.5. The molecule has 3 unspecified atom stereocenters. The summed E-state index contributed by atoms with van der Waals surface area (Å²) in [6, 6.07) is 0. The molecule has 2 nitrogen and oxygen atoms in total. The van der Waals surface area contributed by atoms with Crippen LogP contribution in [0.1, 0.15) is 19.3 Å². The Morgan fingerprint density at radius 3 is 2.47 bits per heavy atom. The van der Waals surface area contributed by atoms with Gasteiger partial charge in [-0.05, 0) is 42.2 Å². The molecule has 3 atom stereocenters. The molecule has 15 heavy (non-hydrogen) atoms. The molecule has 2 N–H and O–H groups in total. The maximum absolute atomic E-state index is 13.0. The van der Waals surface area contributed by atoms with Gasteiger partial charge in [0.1, 0.15) is 0 Å². The van der Waals surface area contributed by atoms with E-state index >= 15 is 0 Å². The molecule has 0 amide bonds. The van der Waals surface area contributed by atoms with E-state index in [1.54, 1.807) is 0 Å². The summed E-state index contributed by atoms with van der Waals surface area (Å²) < 4.78 is 50.1. The number of nitrogens with two attached hydrogens (primary N) is 1. The summed E-state index contributed by atoms with van der Waals surface area (Å²) in [4.78, 5) is 2.66. The average Bonchev–Trinajstić information content (AvgIpc) is 2.28.